The highest BCUT2D eigenvalue weighted by Gasteiger charge is 2.17. The molecule has 0 bridgehead atoms. The average molecular weight is 261 g/mol. The summed E-state index contributed by atoms with van der Waals surface area (Å²) >= 11 is 6.14. The van der Waals surface area contributed by atoms with Gasteiger partial charge in [0.05, 0.1) is 10.7 Å². The molecular weight excluding hydrogens is 248 g/mol. The lowest BCUT2D eigenvalue weighted by molar-refractivity contribution is 0.899. The van der Waals surface area contributed by atoms with Gasteiger partial charge in [0.2, 0.25) is 0 Å². The summed E-state index contributed by atoms with van der Waals surface area (Å²) in [7, 11) is 0. The molecule has 1 heterocycles. The third-order valence-electron chi connectivity index (χ3n) is 3.12. The largest absolute Gasteiger partial charge is 0.399 e. The number of fused-ring (bicyclic) bond motifs is 1. The summed E-state index contributed by atoms with van der Waals surface area (Å²) in [6.45, 7) is 0. The molecule has 0 fully saturated rings. The van der Waals surface area contributed by atoms with E-state index in [1.54, 1.807) is 18.5 Å². The maximum absolute atomic E-state index is 6.14. The van der Waals surface area contributed by atoms with Crippen LogP contribution >= 0.6 is 11.6 Å². The zero-order valence-electron chi connectivity index (χ0n) is 9.78. The van der Waals surface area contributed by atoms with Crippen molar-refractivity contribution in [2.24, 2.45) is 0 Å². The quantitative estimate of drug-likeness (QED) is 0.815. The first-order valence-corrected chi connectivity index (χ1v) is 6.26. The minimum absolute atomic E-state index is 0.634. The highest BCUT2D eigenvalue weighted by Crippen LogP contribution is 2.31. The maximum Gasteiger partial charge on any atom is 0.137 e. The van der Waals surface area contributed by atoms with E-state index in [1.165, 1.54) is 5.56 Å². The number of benzene rings is 1. The van der Waals surface area contributed by atoms with E-state index in [0.717, 1.165) is 36.5 Å². The molecule has 1 aromatic carbocycles. The second kappa shape index (κ2) is 4.46. The van der Waals surface area contributed by atoms with E-state index in [-0.39, 0.29) is 0 Å². The van der Waals surface area contributed by atoms with Crippen LogP contribution in [-0.4, -0.2) is 9.97 Å². The number of anilines is 3. The predicted octanol–water partition coefficient (Wildman–Crippen LogP) is 2.94. The Labute approximate surface area is 110 Å². The van der Waals surface area contributed by atoms with Crippen LogP contribution in [0, 0.1) is 0 Å². The van der Waals surface area contributed by atoms with Crippen LogP contribution in [0.1, 0.15) is 17.7 Å². The number of hydrogen-bond acceptors (Lipinski definition) is 4. The van der Waals surface area contributed by atoms with Gasteiger partial charge < -0.3 is 11.1 Å². The molecule has 2 aromatic rings. The lowest BCUT2D eigenvalue weighted by Crippen LogP contribution is -2.01. The topological polar surface area (TPSA) is 63.8 Å². The van der Waals surface area contributed by atoms with Crippen LogP contribution in [-0.2, 0) is 12.8 Å². The van der Waals surface area contributed by atoms with Gasteiger partial charge in [-0.2, -0.15) is 0 Å². The van der Waals surface area contributed by atoms with Crippen LogP contribution in [0.5, 0.6) is 0 Å². The van der Waals surface area contributed by atoms with Gasteiger partial charge in [-0.1, -0.05) is 11.6 Å². The molecule has 3 N–H and O–H groups in total. The van der Waals surface area contributed by atoms with Crippen molar-refractivity contribution < 1.29 is 0 Å². The van der Waals surface area contributed by atoms with Crippen LogP contribution in [0.25, 0.3) is 0 Å². The van der Waals surface area contributed by atoms with E-state index in [4.69, 9.17) is 17.3 Å². The fourth-order valence-corrected chi connectivity index (χ4v) is 2.40. The van der Waals surface area contributed by atoms with Crippen molar-refractivity contribution >= 4 is 28.8 Å². The average Bonchev–Trinajstić information content (AvgIpc) is 2.83. The normalized spacial score (nSPS) is 13.4. The number of aromatic nitrogens is 2. The number of nitrogen functional groups attached to an aromatic ring is 1. The fourth-order valence-electron chi connectivity index (χ4n) is 2.23. The molecule has 0 amide bonds. The number of nitrogens with zero attached hydrogens (tertiary/aromatic N) is 2. The van der Waals surface area contributed by atoms with Gasteiger partial charge in [0.25, 0.3) is 0 Å². The van der Waals surface area contributed by atoms with E-state index in [9.17, 15) is 0 Å². The highest BCUT2D eigenvalue weighted by molar-refractivity contribution is 6.33. The molecule has 5 heteroatoms. The molecule has 0 aliphatic heterocycles. The maximum atomic E-state index is 6.14. The first-order chi connectivity index (χ1) is 8.74. The summed E-state index contributed by atoms with van der Waals surface area (Å²) in [5.74, 6) is 0.838. The number of hydrogen-bond donors (Lipinski definition) is 2. The standard InChI is InChI=1S/C13H13ClN4/c14-10-5-4-8(15)6-12(10)18-13-9-2-1-3-11(9)16-7-17-13/h4-7H,1-3,15H2,(H,16,17,18). The van der Waals surface area contributed by atoms with Gasteiger partial charge in [0.1, 0.15) is 12.1 Å². The monoisotopic (exact) mass is 260 g/mol. The van der Waals surface area contributed by atoms with Crippen LogP contribution < -0.4 is 11.1 Å². The zero-order chi connectivity index (χ0) is 12.5. The summed E-state index contributed by atoms with van der Waals surface area (Å²) in [6.07, 6.45) is 4.76. The van der Waals surface area contributed by atoms with Gasteiger partial charge in [-0.3, -0.25) is 0 Å². The Morgan fingerprint density at radius 3 is 3.00 bits per heavy atom. The highest BCUT2D eigenvalue weighted by atomic mass is 35.5. The molecule has 1 aliphatic rings. The molecule has 92 valence electrons. The van der Waals surface area contributed by atoms with Gasteiger partial charge in [-0.05, 0) is 37.5 Å². The first kappa shape index (κ1) is 11.3. The van der Waals surface area contributed by atoms with Crippen LogP contribution in [0.15, 0.2) is 24.5 Å². The molecule has 3 rings (SSSR count). The van der Waals surface area contributed by atoms with E-state index >= 15 is 0 Å². The number of aryl methyl sites for hydroxylation is 1. The number of halogens is 1. The molecule has 1 aliphatic carbocycles. The molecule has 0 atom stereocenters. The lowest BCUT2D eigenvalue weighted by Gasteiger charge is -2.11. The van der Waals surface area contributed by atoms with Crippen molar-refractivity contribution in [3.8, 4) is 0 Å². The summed E-state index contributed by atoms with van der Waals surface area (Å²) in [6, 6.07) is 5.37. The second-order valence-corrected chi connectivity index (χ2v) is 4.77. The summed E-state index contributed by atoms with van der Waals surface area (Å²) in [5.41, 5.74) is 9.54. The van der Waals surface area contributed by atoms with E-state index < -0.39 is 0 Å². The number of nitrogens with two attached hydrogens (primary N) is 1. The van der Waals surface area contributed by atoms with Crippen LogP contribution in [0.2, 0.25) is 5.02 Å². The minimum Gasteiger partial charge on any atom is -0.399 e. The molecule has 1 aromatic heterocycles. The van der Waals surface area contributed by atoms with Gasteiger partial charge in [0, 0.05) is 16.9 Å². The Kier molecular flexibility index (Phi) is 2.80. The second-order valence-electron chi connectivity index (χ2n) is 4.37. The number of nitrogens with one attached hydrogen (secondary N) is 1. The fraction of sp³-hybridized carbons (Fsp3) is 0.231. The first-order valence-electron chi connectivity index (χ1n) is 5.89. The van der Waals surface area contributed by atoms with E-state index in [1.807, 2.05) is 6.07 Å². The molecule has 0 saturated carbocycles. The smallest absolute Gasteiger partial charge is 0.137 e. The lowest BCUT2D eigenvalue weighted by atomic mass is 10.2. The third-order valence-corrected chi connectivity index (χ3v) is 3.45. The number of rotatable bonds is 2. The molecule has 18 heavy (non-hydrogen) atoms. The summed E-state index contributed by atoms with van der Waals surface area (Å²) in [4.78, 5) is 8.59. The van der Waals surface area contributed by atoms with E-state index in [2.05, 4.69) is 15.3 Å². The SMILES string of the molecule is Nc1ccc(Cl)c(Nc2ncnc3c2CCC3)c1. The molecule has 4 nitrogen and oxygen atoms in total. The molecular formula is C13H13ClN4. The zero-order valence-corrected chi connectivity index (χ0v) is 10.5. The van der Waals surface area contributed by atoms with Crippen molar-refractivity contribution in [1.29, 1.82) is 0 Å². The van der Waals surface area contributed by atoms with Crippen molar-refractivity contribution in [1.82, 2.24) is 9.97 Å². The molecule has 0 unspecified atom stereocenters. The minimum atomic E-state index is 0.634. The molecule has 0 spiro atoms. The van der Waals surface area contributed by atoms with E-state index in [0.29, 0.717) is 10.7 Å². The van der Waals surface area contributed by atoms with Crippen molar-refractivity contribution in [3.05, 3.63) is 40.8 Å². The molecule has 0 saturated heterocycles. The Morgan fingerprint density at radius 1 is 1.22 bits per heavy atom. The van der Waals surface area contributed by atoms with Gasteiger partial charge in [0.15, 0.2) is 0 Å². The Hall–Kier alpha value is -1.81. The Balaban J connectivity index is 1.98. The van der Waals surface area contributed by atoms with Gasteiger partial charge >= 0.3 is 0 Å². The summed E-state index contributed by atoms with van der Waals surface area (Å²) < 4.78 is 0. The predicted molar refractivity (Wildman–Crippen MR) is 73.2 cm³/mol. The Bertz CT molecular complexity index is 598. The van der Waals surface area contributed by atoms with Gasteiger partial charge in [-0.15, -0.1) is 0 Å². The van der Waals surface area contributed by atoms with Gasteiger partial charge in [-0.25, -0.2) is 9.97 Å². The van der Waals surface area contributed by atoms with Crippen LogP contribution in [0.3, 0.4) is 0 Å². The summed E-state index contributed by atoms with van der Waals surface area (Å²) in [5, 5.41) is 3.88. The Morgan fingerprint density at radius 2 is 2.11 bits per heavy atom. The van der Waals surface area contributed by atoms with Crippen molar-refractivity contribution in [2.75, 3.05) is 11.1 Å². The van der Waals surface area contributed by atoms with Crippen molar-refractivity contribution in [2.45, 2.75) is 19.3 Å². The molecule has 0 radical (unpaired) electrons. The third kappa shape index (κ3) is 1.99. The van der Waals surface area contributed by atoms with Crippen LogP contribution in [0.4, 0.5) is 17.2 Å². The van der Waals surface area contributed by atoms with Crippen molar-refractivity contribution in [3.63, 3.8) is 0 Å².